The zero-order chi connectivity index (χ0) is 14.1. The van der Waals surface area contributed by atoms with Gasteiger partial charge in [-0.1, -0.05) is 48.2 Å². The molecule has 5 heteroatoms. The number of rotatable bonds is 1. The summed E-state index contributed by atoms with van der Waals surface area (Å²) in [6.45, 7) is 0. The van der Waals surface area contributed by atoms with E-state index in [-0.39, 0.29) is 0 Å². The highest BCUT2D eigenvalue weighted by molar-refractivity contribution is 7.99. The number of imide groups is 1. The van der Waals surface area contributed by atoms with Crippen LogP contribution in [0.25, 0.3) is 0 Å². The molecule has 0 fully saturated rings. The van der Waals surface area contributed by atoms with E-state index in [0.717, 1.165) is 20.9 Å². The molecule has 1 aliphatic rings. The third-order valence-corrected chi connectivity index (χ3v) is 4.36. The van der Waals surface area contributed by atoms with E-state index in [1.165, 1.54) is 0 Å². The number of benzene rings is 2. The molecular formula is C15H11NO3S. The molecule has 0 atom stereocenters. The van der Waals surface area contributed by atoms with Crippen molar-refractivity contribution in [3.8, 4) is 0 Å². The second-order valence-electron chi connectivity index (χ2n) is 4.41. The minimum absolute atomic E-state index is 0.516. The SMILES string of the molecule is O=C(O)NC(=O)C1c2ccccc2Sc2ccccc21. The minimum atomic E-state index is -1.33. The van der Waals surface area contributed by atoms with Crippen molar-refractivity contribution in [2.75, 3.05) is 0 Å². The maximum atomic E-state index is 12.2. The van der Waals surface area contributed by atoms with E-state index in [2.05, 4.69) is 0 Å². The van der Waals surface area contributed by atoms with Crippen LogP contribution in [0.15, 0.2) is 58.3 Å². The van der Waals surface area contributed by atoms with Crippen molar-refractivity contribution in [3.05, 3.63) is 59.7 Å². The highest BCUT2D eigenvalue weighted by atomic mass is 32.2. The van der Waals surface area contributed by atoms with Crippen LogP contribution in [0.5, 0.6) is 0 Å². The third kappa shape index (κ3) is 2.16. The molecule has 4 nitrogen and oxygen atoms in total. The van der Waals surface area contributed by atoms with Crippen molar-refractivity contribution >= 4 is 23.8 Å². The van der Waals surface area contributed by atoms with E-state index < -0.39 is 17.9 Å². The molecule has 2 aromatic carbocycles. The molecule has 2 N–H and O–H groups in total. The first-order valence-electron chi connectivity index (χ1n) is 6.06. The average Bonchev–Trinajstić information content (AvgIpc) is 2.43. The second-order valence-corrected chi connectivity index (χ2v) is 5.49. The van der Waals surface area contributed by atoms with Crippen molar-refractivity contribution in [3.63, 3.8) is 0 Å². The van der Waals surface area contributed by atoms with Crippen LogP contribution in [-0.2, 0) is 4.79 Å². The summed E-state index contributed by atoms with van der Waals surface area (Å²) in [5.41, 5.74) is 1.69. The molecule has 1 heterocycles. The lowest BCUT2D eigenvalue weighted by molar-refractivity contribution is -0.121. The lowest BCUT2D eigenvalue weighted by atomic mass is 9.90. The fraction of sp³-hybridized carbons (Fsp3) is 0.0667. The summed E-state index contributed by atoms with van der Waals surface area (Å²) < 4.78 is 0. The molecule has 3 rings (SSSR count). The molecule has 20 heavy (non-hydrogen) atoms. The zero-order valence-corrected chi connectivity index (χ0v) is 11.2. The number of nitrogens with one attached hydrogen (secondary N) is 1. The van der Waals surface area contributed by atoms with E-state index in [1.54, 1.807) is 11.8 Å². The Morgan fingerprint density at radius 3 is 1.95 bits per heavy atom. The molecule has 0 aliphatic carbocycles. The normalized spacial score (nSPS) is 13.2. The topological polar surface area (TPSA) is 66.4 Å². The van der Waals surface area contributed by atoms with E-state index >= 15 is 0 Å². The number of amides is 2. The molecule has 0 saturated heterocycles. The van der Waals surface area contributed by atoms with Crippen molar-refractivity contribution in [2.24, 2.45) is 0 Å². The lowest BCUT2D eigenvalue weighted by Gasteiger charge is -2.26. The first kappa shape index (κ1) is 12.7. The van der Waals surface area contributed by atoms with Crippen molar-refractivity contribution < 1.29 is 14.7 Å². The van der Waals surface area contributed by atoms with Gasteiger partial charge in [-0.15, -0.1) is 0 Å². The van der Waals surface area contributed by atoms with E-state index in [9.17, 15) is 9.59 Å². The smallest absolute Gasteiger partial charge is 0.411 e. The number of hydrogen-bond acceptors (Lipinski definition) is 3. The van der Waals surface area contributed by atoms with Gasteiger partial charge in [0.15, 0.2) is 0 Å². The molecular weight excluding hydrogens is 274 g/mol. The summed E-state index contributed by atoms with van der Waals surface area (Å²) in [5, 5.41) is 10.7. The molecule has 0 unspecified atom stereocenters. The average molecular weight is 285 g/mol. The van der Waals surface area contributed by atoms with Crippen LogP contribution < -0.4 is 5.32 Å². The largest absolute Gasteiger partial charge is 0.465 e. The van der Waals surface area contributed by atoms with Crippen LogP contribution in [0.4, 0.5) is 4.79 Å². The molecule has 0 radical (unpaired) electrons. The van der Waals surface area contributed by atoms with Crippen molar-refractivity contribution in [1.29, 1.82) is 0 Å². The summed E-state index contributed by atoms with van der Waals surface area (Å²) >= 11 is 1.60. The molecule has 1 aliphatic heterocycles. The number of fused-ring (bicyclic) bond motifs is 2. The summed E-state index contributed by atoms with van der Waals surface area (Å²) in [6.07, 6.45) is -1.33. The van der Waals surface area contributed by atoms with Crippen LogP contribution in [0, 0.1) is 0 Å². The Morgan fingerprint density at radius 1 is 0.950 bits per heavy atom. The summed E-state index contributed by atoms with van der Waals surface area (Å²) in [6, 6.07) is 15.1. The van der Waals surface area contributed by atoms with Crippen LogP contribution >= 0.6 is 11.8 Å². The Kier molecular flexibility index (Phi) is 3.20. The van der Waals surface area contributed by atoms with Gasteiger partial charge in [0.1, 0.15) is 0 Å². The van der Waals surface area contributed by atoms with Crippen molar-refractivity contribution in [2.45, 2.75) is 15.7 Å². The molecule has 0 aromatic heterocycles. The molecule has 0 saturated carbocycles. The van der Waals surface area contributed by atoms with Crippen molar-refractivity contribution in [1.82, 2.24) is 5.32 Å². The first-order chi connectivity index (χ1) is 9.66. The first-order valence-corrected chi connectivity index (χ1v) is 6.88. The van der Waals surface area contributed by atoms with E-state index in [1.807, 2.05) is 53.8 Å². The maximum absolute atomic E-state index is 12.2. The maximum Gasteiger partial charge on any atom is 0.411 e. The molecule has 0 spiro atoms. The van der Waals surface area contributed by atoms with Crippen LogP contribution in [0.2, 0.25) is 0 Å². The Morgan fingerprint density at radius 2 is 1.45 bits per heavy atom. The number of carboxylic acid groups (broad SMARTS) is 1. The minimum Gasteiger partial charge on any atom is -0.465 e. The molecule has 2 aromatic rings. The summed E-state index contributed by atoms with van der Waals surface area (Å²) in [7, 11) is 0. The van der Waals surface area contributed by atoms with Gasteiger partial charge in [-0.3, -0.25) is 10.1 Å². The lowest BCUT2D eigenvalue weighted by Crippen LogP contribution is -2.35. The summed E-state index contributed by atoms with van der Waals surface area (Å²) in [4.78, 5) is 24.9. The highest BCUT2D eigenvalue weighted by Crippen LogP contribution is 2.45. The fourth-order valence-electron chi connectivity index (χ4n) is 2.37. The van der Waals surface area contributed by atoms with Gasteiger partial charge in [0.2, 0.25) is 5.91 Å². The van der Waals surface area contributed by atoms with Gasteiger partial charge in [0, 0.05) is 9.79 Å². The van der Waals surface area contributed by atoms with Crippen LogP contribution in [0.1, 0.15) is 17.0 Å². The van der Waals surface area contributed by atoms with E-state index in [0.29, 0.717) is 0 Å². The molecule has 100 valence electrons. The predicted molar refractivity (Wildman–Crippen MR) is 75.0 cm³/mol. The van der Waals surface area contributed by atoms with Gasteiger partial charge >= 0.3 is 6.09 Å². The Bertz CT molecular complexity index is 654. The van der Waals surface area contributed by atoms with Gasteiger partial charge in [0.05, 0.1) is 5.92 Å². The Balaban J connectivity index is 2.12. The second kappa shape index (κ2) is 5.02. The Labute approximate surface area is 119 Å². The number of hydrogen-bond donors (Lipinski definition) is 2. The van der Waals surface area contributed by atoms with E-state index in [4.69, 9.17) is 5.11 Å². The highest BCUT2D eigenvalue weighted by Gasteiger charge is 2.31. The van der Waals surface area contributed by atoms with Crippen LogP contribution in [-0.4, -0.2) is 17.1 Å². The molecule has 2 amide bonds. The van der Waals surface area contributed by atoms with Gasteiger partial charge in [-0.25, -0.2) is 4.79 Å². The molecule has 0 bridgehead atoms. The predicted octanol–water partition coefficient (Wildman–Crippen LogP) is 3.08. The van der Waals surface area contributed by atoms with Crippen LogP contribution in [0.3, 0.4) is 0 Å². The quantitative estimate of drug-likeness (QED) is 0.845. The standard InChI is InChI=1S/C15H11NO3S/c17-14(16-15(18)19)13-9-5-1-3-7-11(9)20-12-8-4-2-6-10(12)13/h1-8,13H,(H,16,17)(H,18,19). The fourth-order valence-corrected chi connectivity index (χ4v) is 3.51. The number of carbonyl (C=O) groups excluding carboxylic acids is 1. The zero-order valence-electron chi connectivity index (χ0n) is 10.4. The number of carbonyl (C=O) groups is 2. The third-order valence-electron chi connectivity index (χ3n) is 3.17. The van der Waals surface area contributed by atoms with Gasteiger partial charge in [-0.2, -0.15) is 0 Å². The van der Waals surface area contributed by atoms with Gasteiger partial charge < -0.3 is 5.11 Å². The summed E-state index contributed by atoms with van der Waals surface area (Å²) in [5.74, 6) is -1.10. The van der Waals surface area contributed by atoms with Gasteiger partial charge in [-0.05, 0) is 23.3 Å². The monoisotopic (exact) mass is 285 g/mol. The van der Waals surface area contributed by atoms with Gasteiger partial charge in [0.25, 0.3) is 0 Å². The Hall–Kier alpha value is -2.27.